The van der Waals surface area contributed by atoms with Crippen LogP contribution < -0.4 is 0 Å². The molecule has 0 fully saturated rings. The van der Waals surface area contributed by atoms with Gasteiger partial charge in [-0.25, -0.2) is 9.36 Å². The Bertz CT molecular complexity index is 245. The molecule has 1 unspecified atom stereocenters. The summed E-state index contributed by atoms with van der Waals surface area (Å²) in [4.78, 5) is 44.1. The van der Waals surface area contributed by atoms with Crippen LogP contribution >= 0.6 is 38.7 Å². The molecule has 0 rings (SSSR count). The van der Waals surface area contributed by atoms with Gasteiger partial charge in [0.15, 0.2) is 0 Å². The fraction of sp³-hybridized carbons (Fsp3) is 0.500. The van der Waals surface area contributed by atoms with Crippen LogP contribution in [0, 0.1) is 0 Å². The number of carbonyl (C=O) groups is 1. The van der Waals surface area contributed by atoms with Crippen LogP contribution in [0.15, 0.2) is 0 Å². The van der Waals surface area contributed by atoms with Crippen LogP contribution in [-0.4, -0.2) is 29.9 Å². The van der Waals surface area contributed by atoms with E-state index in [9.17, 15) is 9.36 Å². The van der Waals surface area contributed by atoms with E-state index in [1.54, 1.807) is 0 Å². The van der Waals surface area contributed by atoms with E-state index in [1.165, 1.54) is 0 Å². The third-order valence-corrected chi connectivity index (χ3v) is 4.20. The molecule has 0 aromatic heterocycles. The molecule has 0 aliphatic heterocycles. The molecule has 4 N–H and O–H groups in total. The number of hydrogen-bond acceptors (Lipinski definition) is 6. The van der Waals surface area contributed by atoms with E-state index in [1.807, 2.05) is 0 Å². The number of rotatable bonds is 4. The van der Waals surface area contributed by atoms with E-state index in [0.717, 1.165) is 0 Å². The van der Waals surface area contributed by atoms with Crippen molar-refractivity contribution in [1.82, 2.24) is 0 Å². The van der Waals surface area contributed by atoms with Gasteiger partial charge in [-0.3, -0.25) is 4.52 Å². The normalized spacial score (nSPS) is 17.2. The number of carbonyl (C=O) groups excluding carboxylic acids is 1. The summed E-state index contributed by atoms with van der Waals surface area (Å²) in [6.07, 6.45) is 0. The van der Waals surface area contributed by atoms with E-state index >= 15 is 0 Å². The minimum atomic E-state index is -5.08. The Hall–Kier alpha value is 0.710. The Morgan fingerprint density at radius 3 is 2.00 bits per heavy atom. The fourth-order valence-electron chi connectivity index (χ4n) is 0.323. The fourth-order valence-corrected chi connectivity index (χ4v) is 2.77. The highest BCUT2D eigenvalue weighted by molar-refractivity contribution is 8.00. The zero-order valence-electron chi connectivity index (χ0n) is 5.74. The molecule has 0 aliphatic rings. The van der Waals surface area contributed by atoms with Crippen LogP contribution in [0.3, 0.4) is 0 Å². The zero-order valence-corrected chi connectivity index (χ0v) is 9.04. The second kappa shape index (κ2) is 4.49. The van der Waals surface area contributed by atoms with Gasteiger partial charge in [-0.1, -0.05) is 23.2 Å². The van der Waals surface area contributed by atoms with Gasteiger partial charge in [0.05, 0.1) is 0 Å². The van der Waals surface area contributed by atoms with Crippen LogP contribution in [0.5, 0.6) is 0 Å². The quantitative estimate of drug-likeness (QED) is 0.441. The zero-order chi connectivity index (χ0) is 10.9. The Morgan fingerprint density at radius 2 is 1.77 bits per heavy atom. The van der Waals surface area contributed by atoms with E-state index < -0.39 is 25.8 Å². The highest BCUT2D eigenvalue weighted by Crippen LogP contribution is 2.63. The average Bonchev–Trinajstić information content (AvgIpc) is 1.80. The first-order valence-electron chi connectivity index (χ1n) is 2.49. The molecule has 0 aromatic carbocycles. The molecule has 0 saturated heterocycles. The van der Waals surface area contributed by atoms with E-state index in [4.69, 9.17) is 42.8 Å². The lowest BCUT2D eigenvalue weighted by molar-refractivity contribution is 0.238. The van der Waals surface area contributed by atoms with Crippen molar-refractivity contribution in [2.45, 2.75) is 5.02 Å². The molecule has 0 aliphatic carbocycles. The van der Waals surface area contributed by atoms with Crippen molar-refractivity contribution in [2.75, 3.05) is 0 Å². The summed E-state index contributed by atoms with van der Waals surface area (Å²) >= 11 is 9.77. The molecule has 13 heavy (non-hydrogen) atoms. The maximum absolute atomic E-state index is 10.7. The van der Waals surface area contributed by atoms with Crippen LogP contribution in [-0.2, 0) is 9.09 Å². The molecule has 0 aromatic rings. The summed E-state index contributed by atoms with van der Waals surface area (Å²) in [5.41, 5.74) is 0. The highest BCUT2D eigenvalue weighted by atomic mass is 35.5. The van der Waals surface area contributed by atoms with Gasteiger partial charge < -0.3 is 4.89 Å². The van der Waals surface area contributed by atoms with Gasteiger partial charge in [-0.2, -0.15) is 14.7 Å². The second-order valence-electron chi connectivity index (χ2n) is 1.74. The van der Waals surface area contributed by atoms with Crippen LogP contribution in [0.1, 0.15) is 0 Å². The summed E-state index contributed by atoms with van der Waals surface area (Å²) < 4.78 is 14.5. The Balaban J connectivity index is 4.66. The van der Waals surface area contributed by atoms with E-state index in [0.29, 0.717) is 0 Å². The van der Waals surface area contributed by atoms with Gasteiger partial charge in [0, 0.05) is 0 Å². The highest BCUT2D eigenvalue weighted by Gasteiger charge is 2.56. The first-order chi connectivity index (χ1) is 5.57. The monoisotopic (exact) mass is 273 g/mol. The van der Waals surface area contributed by atoms with Crippen molar-refractivity contribution >= 4 is 44.0 Å². The molecule has 0 saturated carbocycles. The predicted molar refractivity (Wildman–Crippen MR) is 45.4 cm³/mol. The average molecular weight is 274 g/mol. The lowest BCUT2D eigenvalue weighted by Gasteiger charge is -2.09. The van der Waals surface area contributed by atoms with Crippen molar-refractivity contribution in [2.24, 2.45) is 0 Å². The van der Waals surface area contributed by atoms with E-state index in [-0.39, 0.29) is 0 Å². The Labute approximate surface area is 83.0 Å². The summed E-state index contributed by atoms with van der Waals surface area (Å²) in [6, 6.07) is 0. The molecule has 0 heterocycles. The van der Waals surface area contributed by atoms with Crippen molar-refractivity contribution in [1.29, 1.82) is 0 Å². The predicted octanol–water partition coefficient (Wildman–Crippen LogP) is 0.809. The van der Waals surface area contributed by atoms with Gasteiger partial charge in [-0.05, 0) is 0 Å². The van der Waals surface area contributed by atoms with Crippen LogP contribution in [0.4, 0.5) is 4.79 Å². The molecular weight excluding hydrogens is 269 g/mol. The topological polar surface area (TPSA) is 124 Å². The van der Waals surface area contributed by atoms with Crippen molar-refractivity contribution in [3.05, 3.63) is 0 Å². The Morgan fingerprint density at radius 1 is 1.38 bits per heavy atom. The third kappa shape index (κ3) is 4.65. The summed E-state index contributed by atoms with van der Waals surface area (Å²) in [5, 5.41) is -3.93. The summed E-state index contributed by atoms with van der Waals surface area (Å²) in [5.74, 6) is 0. The summed E-state index contributed by atoms with van der Waals surface area (Å²) in [7, 11) is -10.1. The molecule has 0 radical (unpaired) electrons. The minimum absolute atomic E-state index is 1.80. The van der Waals surface area contributed by atoms with Gasteiger partial charge in [0.25, 0.3) is 0 Å². The molecular formula is C2H5Cl2O7P2+. The first-order valence-corrected chi connectivity index (χ1v) is 6.59. The van der Waals surface area contributed by atoms with Gasteiger partial charge in [0.1, 0.15) is 0 Å². The molecule has 1 atom stereocenters. The lowest BCUT2D eigenvalue weighted by Crippen LogP contribution is -2.07. The first kappa shape index (κ1) is 13.7. The van der Waals surface area contributed by atoms with Gasteiger partial charge in [-0.15, -0.1) is 0 Å². The smallest absolute Gasteiger partial charge is 0.316 e. The number of halogens is 2. The SMILES string of the molecule is O=C(P(=O)(O)OC(Cl)Cl)[P+](O)(O)O. The minimum Gasteiger partial charge on any atom is -0.316 e. The van der Waals surface area contributed by atoms with Crippen molar-refractivity contribution < 1.29 is 33.5 Å². The summed E-state index contributed by atoms with van der Waals surface area (Å²) in [6.45, 7) is 0. The molecule has 0 bridgehead atoms. The van der Waals surface area contributed by atoms with Crippen LogP contribution in [0.2, 0.25) is 0 Å². The number of hydrogen-bond donors (Lipinski definition) is 4. The molecule has 78 valence electrons. The molecule has 11 heteroatoms. The second-order valence-corrected chi connectivity index (χ2v) is 6.31. The standard InChI is InChI=1S/C2H4Cl2O7P2/c3-1(4)11-13(9,10)2(5)12(6,7)8/h1,6-8H/p+1. The largest absolute Gasteiger partial charge is 0.492 e. The molecule has 0 spiro atoms. The van der Waals surface area contributed by atoms with Crippen LogP contribution in [0.25, 0.3) is 0 Å². The number of alkyl halides is 2. The van der Waals surface area contributed by atoms with Gasteiger partial charge >= 0.3 is 20.8 Å². The maximum atomic E-state index is 10.7. The van der Waals surface area contributed by atoms with Crippen molar-refractivity contribution in [3.63, 3.8) is 0 Å². The van der Waals surface area contributed by atoms with Gasteiger partial charge in [0.2, 0.25) is 5.02 Å². The Kier molecular flexibility index (Phi) is 4.73. The lowest BCUT2D eigenvalue weighted by atomic mass is 11.7. The molecule has 0 amide bonds. The third-order valence-electron chi connectivity index (χ3n) is 0.721. The maximum Gasteiger partial charge on any atom is 0.492 e. The van der Waals surface area contributed by atoms with Crippen molar-refractivity contribution in [3.8, 4) is 0 Å². The molecule has 7 nitrogen and oxygen atoms in total. The van der Waals surface area contributed by atoms with E-state index in [2.05, 4.69) is 4.52 Å².